The molecule has 0 atom stereocenters. The summed E-state index contributed by atoms with van der Waals surface area (Å²) in [4.78, 5) is 15.5. The fourth-order valence-electron chi connectivity index (χ4n) is 5.34. The highest BCUT2D eigenvalue weighted by Crippen LogP contribution is 2.31. The number of carbonyl (C=O) groups excluding carboxylic acids is 1. The van der Waals surface area contributed by atoms with Crippen molar-refractivity contribution in [2.45, 2.75) is 49.5 Å². The topological polar surface area (TPSA) is 86.3 Å². The zero-order valence-electron chi connectivity index (χ0n) is 27.8. The number of aromatic nitrogens is 5. The lowest BCUT2D eigenvalue weighted by molar-refractivity contribution is 0.102. The van der Waals surface area contributed by atoms with Crippen LogP contribution in [0.2, 0.25) is 0 Å². The Labute approximate surface area is 289 Å². The van der Waals surface area contributed by atoms with E-state index in [1.54, 1.807) is 16.4 Å². The molecule has 1 N–H and O–H groups in total. The zero-order valence-corrected chi connectivity index (χ0v) is 28.6. The lowest BCUT2D eigenvalue weighted by atomic mass is 9.92. The van der Waals surface area contributed by atoms with Crippen LogP contribution in [0.1, 0.15) is 48.0 Å². The van der Waals surface area contributed by atoms with Crippen LogP contribution in [0.3, 0.4) is 0 Å². The van der Waals surface area contributed by atoms with Gasteiger partial charge in [0.05, 0.1) is 11.4 Å². The van der Waals surface area contributed by atoms with Crippen molar-refractivity contribution in [3.8, 4) is 22.8 Å². The molecular weight excluding hydrogens is 629 g/mol. The van der Waals surface area contributed by atoms with E-state index in [2.05, 4.69) is 36.3 Å². The van der Waals surface area contributed by atoms with Crippen LogP contribution in [0.4, 0.5) is 5.82 Å². The van der Waals surface area contributed by atoms with Gasteiger partial charge in [-0.1, -0.05) is 98.8 Å². The standard InChI is InChI=1S/C40H36N6O2S/c1-27-16-18-31(19-17-27)46-37(24-35(44-46)40(2,3)4)41-39(47)30-13-9-15-33(23-30)49-34-20-21-36-42-43-38(45(36)25-34)29-12-8-14-32(22-29)48-26-28-10-6-5-7-11-28/h5-25H,26H2,1-4H3,(H,41,47). The molecule has 0 spiro atoms. The van der Waals surface area contributed by atoms with Gasteiger partial charge in [0.15, 0.2) is 11.5 Å². The first-order valence-corrected chi connectivity index (χ1v) is 16.9. The third-order valence-electron chi connectivity index (χ3n) is 8.05. The molecule has 0 unspecified atom stereocenters. The summed E-state index contributed by atoms with van der Waals surface area (Å²) in [5.41, 5.74) is 6.05. The third-order valence-corrected chi connectivity index (χ3v) is 9.01. The van der Waals surface area contributed by atoms with Crippen LogP contribution in [-0.4, -0.2) is 30.3 Å². The Morgan fingerprint density at radius 3 is 2.41 bits per heavy atom. The molecule has 3 heterocycles. The Kier molecular flexibility index (Phi) is 8.76. The number of hydrogen-bond donors (Lipinski definition) is 1. The van der Waals surface area contributed by atoms with Gasteiger partial charge >= 0.3 is 0 Å². The van der Waals surface area contributed by atoms with E-state index in [0.29, 0.717) is 18.0 Å². The Balaban J connectivity index is 1.10. The summed E-state index contributed by atoms with van der Waals surface area (Å²) >= 11 is 1.57. The van der Waals surface area contributed by atoms with Gasteiger partial charge in [-0.3, -0.25) is 9.20 Å². The number of carbonyl (C=O) groups is 1. The van der Waals surface area contributed by atoms with E-state index in [1.807, 2.05) is 139 Å². The molecule has 244 valence electrons. The number of anilines is 1. The molecule has 7 aromatic rings. The van der Waals surface area contributed by atoms with Gasteiger partial charge in [-0.15, -0.1) is 10.2 Å². The van der Waals surface area contributed by atoms with E-state index in [0.717, 1.165) is 55.1 Å². The number of pyridine rings is 1. The predicted octanol–water partition coefficient (Wildman–Crippen LogP) is 9.17. The summed E-state index contributed by atoms with van der Waals surface area (Å²) in [6.07, 6.45) is 2.02. The minimum atomic E-state index is -0.206. The molecule has 0 saturated carbocycles. The van der Waals surface area contributed by atoms with Gasteiger partial charge in [0.25, 0.3) is 5.91 Å². The van der Waals surface area contributed by atoms with Crippen LogP contribution in [0.25, 0.3) is 22.7 Å². The second kappa shape index (κ2) is 13.4. The van der Waals surface area contributed by atoms with Crippen molar-refractivity contribution >= 4 is 29.1 Å². The molecule has 0 aliphatic carbocycles. The number of aryl methyl sites for hydroxylation is 1. The third kappa shape index (κ3) is 7.27. The first-order chi connectivity index (χ1) is 23.7. The van der Waals surface area contributed by atoms with Gasteiger partial charge in [0.2, 0.25) is 0 Å². The monoisotopic (exact) mass is 664 g/mol. The summed E-state index contributed by atoms with van der Waals surface area (Å²) in [6.45, 7) is 8.86. The Morgan fingerprint density at radius 2 is 1.61 bits per heavy atom. The zero-order chi connectivity index (χ0) is 34.0. The van der Waals surface area contributed by atoms with Crippen molar-refractivity contribution < 1.29 is 9.53 Å². The normalized spacial score (nSPS) is 11.5. The van der Waals surface area contributed by atoms with Crippen LogP contribution in [0.5, 0.6) is 5.75 Å². The van der Waals surface area contributed by atoms with Gasteiger partial charge in [-0.2, -0.15) is 5.10 Å². The maximum atomic E-state index is 13.6. The van der Waals surface area contributed by atoms with E-state index < -0.39 is 0 Å². The van der Waals surface area contributed by atoms with E-state index in [-0.39, 0.29) is 11.3 Å². The molecule has 49 heavy (non-hydrogen) atoms. The van der Waals surface area contributed by atoms with Gasteiger partial charge in [0, 0.05) is 38.6 Å². The predicted molar refractivity (Wildman–Crippen MR) is 195 cm³/mol. The molecule has 0 bridgehead atoms. The van der Waals surface area contributed by atoms with Crippen molar-refractivity contribution in [2.75, 3.05) is 5.32 Å². The molecule has 3 aromatic heterocycles. The van der Waals surface area contributed by atoms with Crippen molar-refractivity contribution in [3.05, 3.63) is 150 Å². The van der Waals surface area contributed by atoms with E-state index >= 15 is 0 Å². The van der Waals surface area contributed by atoms with Crippen LogP contribution in [-0.2, 0) is 12.0 Å². The maximum Gasteiger partial charge on any atom is 0.256 e. The molecule has 1 amide bonds. The number of benzene rings is 4. The molecule has 0 radical (unpaired) electrons. The van der Waals surface area contributed by atoms with E-state index in [4.69, 9.17) is 9.84 Å². The molecule has 0 aliphatic rings. The quantitative estimate of drug-likeness (QED) is 0.166. The van der Waals surface area contributed by atoms with Gasteiger partial charge in [-0.05, 0) is 67.1 Å². The van der Waals surface area contributed by atoms with Crippen LogP contribution in [0.15, 0.2) is 137 Å². The van der Waals surface area contributed by atoms with Gasteiger partial charge in [0.1, 0.15) is 18.2 Å². The van der Waals surface area contributed by atoms with E-state index in [9.17, 15) is 4.79 Å². The molecule has 0 saturated heterocycles. The fraction of sp³-hybridized carbons (Fsp3) is 0.150. The highest BCUT2D eigenvalue weighted by molar-refractivity contribution is 7.99. The average molecular weight is 665 g/mol. The average Bonchev–Trinajstić information content (AvgIpc) is 3.73. The summed E-state index contributed by atoms with van der Waals surface area (Å²) < 4.78 is 9.84. The largest absolute Gasteiger partial charge is 0.489 e. The highest BCUT2D eigenvalue weighted by atomic mass is 32.2. The van der Waals surface area contributed by atoms with Crippen LogP contribution in [0, 0.1) is 6.92 Å². The number of amides is 1. The minimum absolute atomic E-state index is 0.184. The number of ether oxygens (including phenoxy) is 1. The molecule has 0 aliphatic heterocycles. The molecule has 8 nitrogen and oxygen atoms in total. The second-order valence-electron chi connectivity index (χ2n) is 12.9. The molecule has 0 fully saturated rings. The molecule has 7 rings (SSSR count). The van der Waals surface area contributed by atoms with Gasteiger partial charge < -0.3 is 10.1 Å². The number of nitrogens with zero attached hydrogens (tertiary/aromatic N) is 5. The number of nitrogens with one attached hydrogen (secondary N) is 1. The van der Waals surface area contributed by atoms with Crippen molar-refractivity contribution in [3.63, 3.8) is 0 Å². The van der Waals surface area contributed by atoms with Crippen LogP contribution >= 0.6 is 11.8 Å². The number of hydrogen-bond acceptors (Lipinski definition) is 6. The Hall–Kier alpha value is -5.67. The number of fused-ring (bicyclic) bond motifs is 1. The number of rotatable bonds is 9. The fourth-order valence-corrected chi connectivity index (χ4v) is 6.24. The van der Waals surface area contributed by atoms with Crippen molar-refractivity contribution in [1.29, 1.82) is 0 Å². The SMILES string of the molecule is Cc1ccc(-n2nc(C(C)(C)C)cc2NC(=O)c2cccc(Sc3ccc4nnc(-c5cccc(OCc6ccccc6)c5)n4c3)c2)cc1. The molecule has 4 aromatic carbocycles. The maximum absolute atomic E-state index is 13.6. The van der Waals surface area contributed by atoms with Gasteiger partial charge in [-0.25, -0.2) is 4.68 Å². The summed E-state index contributed by atoms with van der Waals surface area (Å²) in [7, 11) is 0. The lowest BCUT2D eigenvalue weighted by Gasteiger charge is -2.14. The Bertz CT molecular complexity index is 2250. The summed E-state index contributed by atoms with van der Waals surface area (Å²) in [5.74, 6) is 1.89. The van der Waals surface area contributed by atoms with E-state index in [1.165, 1.54) is 0 Å². The van der Waals surface area contributed by atoms with Crippen molar-refractivity contribution in [1.82, 2.24) is 24.4 Å². The Morgan fingerprint density at radius 1 is 0.816 bits per heavy atom. The highest BCUT2D eigenvalue weighted by Gasteiger charge is 2.22. The minimum Gasteiger partial charge on any atom is -0.489 e. The van der Waals surface area contributed by atoms with Crippen molar-refractivity contribution in [2.24, 2.45) is 0 Å². The smallest absolute Gasteiger partial charge is 0.256 e. The first kappa shape index (κ1) is 31.9. The first-order valence-electron chi connectivity index (χ1n) is 16.1. The lowest BCUT2D eigenvalue weighted by Crippen LogP contribution is -2.15. The summed E-state index contributed by atoms with van der Waals surface area (Å²) in [6, 6.07) is 39.6. The summed E-state index contributed by atoms with van der Waals surface area (Å²) in [5, 5.41) is 16.9. The molecular formula is C40H36N6O2S. The molecule has 9 heteroatoms. The second-order valence-corrected chi connectivity index (χ2v) is 14.1. The van der Waals surface area contributed by atoms with Crippen LogP contribution < -0.4 is 10.1 Å².